The van der Waals surface area contributed by atoms with Crippen LogP contribution >= 0.6 is 15.9 Å². The van der Waals surface area contributed by atoms with E-state index in [-0.39, 0.29) is 10.5 Å². The van der Waals surface area contributed by atoms with Crippen molar-refractivity contribution in [2.24, 2.45) is 5.92 Å². The Morgan fingerprint density at radius 2 is 2.05 bits per heavy atom. The van der Waals surface area contributed by atoms with E-state index in [1.807, 2.05) is 7.05 Å². The van der Waals surface area contributed by atoms with Crippen LogP contribution in [0.5, 0.6) is 0 Å². The summed E-state index contributed by atoms with van der Waals surface area (Å²) in [6.45, 7) is 1.58. The van der Waals surface area contributed by atoms with Gasteiger partial charge in [0.25, 0.3) is 0 Å². The predicted molar refractivity (Wildman–Crippen MR) is 74.0 cm³/mol. The summed E-state index contributed by atoms with van der Waals surface area (Å²) in [7, 11) is 1.84. The van der Waals surface area contributed by atoms with Crippen LogP contribution in [0.25, 0.3) is 0 Å². The van der Waals surface area contributed by atoms with Crippen LogP contribution in [-0.2, 0) is 4.74 Å². The summed E-state index contributed by atoms with van der Waals surface area (Å²) in [5.41, 5.74) is 0.771. The minimum atomic E-state index is -0.823. The van der Waals surface area contributed by atoms with Crippen molar-refractivity contribution >= 4 is 15.9 Å². The van der Waals surface area contributed by atoms with Gasteiger partial charge in [0.05, 0.1) is 4.47 Å². The van der Waals surface area contributed by atoms with Crippen molar-refractivity contribution in [3.63, 3.8) is 0 Å². The highest BCUT2D eigenvalue weighted by Gasteiger charge is 2.23. The van der Waals surface area contributed by atoms with Crippen LogP contribution < -0.4 is 5.32 Å². The molecule has 1 saturated heterocycles. The summed E-state index contributed by atoms with van der Waals surface area (Å²) in [4.78, 5) is 0. The second-order valence-electron chi connectivity index (χ2n) is 4.90. The van der Waals surface area contributed by atoms with Crippen molar-refractivity contribution in [1.29, 1.82) is 0 Å². The average molecular weight is 334 g/mol. The van der Waals surface area contributed by atoms with Gasteiger partial charge in [-0.05, 0) is 59.8 Å². The molecule has 0 bridgehead atoms. The lowest BCUT2D eigenvalue weighted by Crippen LogP contribution is -2.24. The number of hydrogen-bond donors (Lipinski definition) is 1. The van der Waals surface area contributed by atoms with E-state index in [9.17, 15) is 8.78 Å². The fourth-order valence-electron chi connectivity index (χ4n) is 2.53. The van der Waals surface area contributed by atoms with E-state index in [0.29, 0.717) is 5.92 Å². The number of ether oxygens (including phenoxy) is 1. The third-order valence-corrected chi connectivity index (χ3v) is 4.50. The van der Waals surface area contributed by atoms with Crippen molar-refractivity contribution < 1.29 is 13.5 Å². The van der Waals surface area contributed by atoms with E-state index in [2.05, 4.69) is 21.2 Å². The summed E-state index contributed by atoms with van der Waals surface area (Å²) >= 11 is 3.16. The third kappa shape index (κ3) is 3.52. The summed E-state index contributed by atoms with van der Waals surface area (Å²) in [6.07, 6.45) is 2.96. The monoisotopic (exact) mass is 333 g/mol. The van der Waals surface area contributed by atoms with Crippen molar-refractivity contribution in [3.8, 4) is 0 Å². The van der Waals surface area contributed by atoms with Gasteiger partial charge in [0.15, 0.2) is 11.6 Å². The molecule has 1 atom stereocenters. The molecule has 0 aliphatic carbocycles. The van der Waals surface area contributed by atoms with Gasteiger partial charge in [-0.15, -0.1) is 0 Å². The molecule has 19 heavy (non-hydrogen) atoms. The van der Waals surface area contributed by atoms with Crippen molar-refractivity contribution in [2.75, 3.05) is 20.3 Å². The van der Waals surface area contributed by atoms with Gasteiger partial charge in [0, 0.05) is 19.3 Å². The first-order chi connectivity index (χ1) is 9.13. The molecule has 1 fully saturated rings. The Balaban J connectivity index is 2.14. The maximum absolute atomic E-state index is 13.6. The van der Waals surface area contributed by atoms with Gasteiger partial charge in [-0.25, -0.2) is 8.78 Å². The zero-order valence-corrected chi connectivity index (χ0v) is 12.5. The SMILES string of the molecule is CNC(CC1CCOCC1)c1ccc(F)c(F)c1Br. The van der Waals surface area contributed by atoms with Crippen LogP contribution in [0.2, 0.25) is 0 Å². The minimum absolute atomic E-state index is 0.0209. The van der Waals surface area contributed by atoms with Crippen molar-refractivity contribution in [3.05, 3.63) is 33.8 Å². The minimum Gasteiger partial charge on any atom is -0.381 e. The zero-order chi connectivity index (χ0) is 13.8. The topological polar surface area (TPSA) is 21.3 Å². The van der Waals surface area contributed by atoms with Gasteiger partial charge < -0.3 is 10.1 Å². The maximum atomic E-state index is 13.6. The van der Waals surface area contributed by atoms with E-state index < -0.39 is 11.6 Å². The van der Waals surface area contributed by atoms with Gasteiger partial charge in [-0.1, -0.05) is 6.07 Å². The highest BCUT2D eigenvalue weighted by molar-refractivity contribution is 9.10. The highest BCUT2D eigenvalue weighted by Crippen LogP contribution is 2.33. The smallest absolute Gasteiger partial charge is 0.173 e. The van der Waals surface area contributed by atoms with Crippen LogP contribution in [0.1, 0.15) is 30.9 Å². The first-order valence-corrected chi connectivity index (χ1v) is 7.31. The molecule has 1 aromatic rings. The molecule has 1 aliphatic heterocycles. The van der Waals surface area contributed by atoms with Gasteiger partial charge in [0.2, 0.25) is 0 Å². The second-order valence-corrected chi connectivity index (χ2v) is 5.69. The van der Waals surface area contributed by atoms with Crippen LogP contribution in [0.15, 0.2) is 16.6 Å². The lowest BCUT2D eigenvalue weighted by atomic mass is 9.89. The number of nitrogens with one attached hydrogen (secondary N) is 1. The third-order valence-electron chi connectivity index (χ3n) is 3.70. The Kier molecular flexibility index (Phi) is 5.30. The number of hydrogen-bond acceptors (Lipinski definition) is 2. The van der Waals surface area contributed by atoms with Gasteiger partial charge >= 0.3 is 0 Å². The maximum Gasteiger partial charge on any atom is 0.173 e. The molecule has 0 aromatic heterocycles. The Labute approximate surface area is 120 Å². The highest BCUT2D eigenvalue weighted by atomic mass is 79.9. The van der Waals surface area contributed by atoms with Crippen LogP contribution in [-0.4, -0.2) is 20.3 Å². The van der Waals surface area contributed by atoms with Crippen LogP contribution in [0, 0.1) is 17.6 Å². The largest absolute Gasteiger partial charge is 0.381 e. The van der Waals surface area contributed by atoms with Crippen LogP contribution in [0.4, 0.5) is 8.78 Å². The molecule has 0 spiro atoms. The molecule has 106 valence electrons. The standard InChI is InChI=1S/C14H18BrF2NO/c1-18-12(8-9-4-6-19-7-5-9)10-2-3-11(16)14(17)13(10)15/h2-3,9,12,18H,4-8H2,1H3. The van der Waals surface area contributed by atoms with Gasteiger partial charge in [-0.3, -0.25) is 0 Å². The molecule has 1 heterocycles. The lowest BCUT2D eigenvalue weighted by molar-refractivity contribution is 0.0607. The summed E-state index contributed by atoms with van der Waals surface area (Å²) in [6, 6.07) is 2.85. The van der Waals surface area contributed by atoms with Crippen molar-refractivity contribution in [1.82, 2.24) is 5.32 Å². The molecule has 1 aliphatic rings. The van der Waals surface area contributed by atoms with E-state index >= 15 is 0 Å². The summed E-state index contributed by atoms with van der Waals surface area (Å²) in [5, 5.41) is 3.19. The lowest BCUT2D eigenvalue weighted by Gasteiger charge is -2.27. The molecule has 1 aromatic carbocycles. The molecular formula is C14H18BrF2NO. The summed E-state index contributed by atoms with van der Waals surface area (Å²) < 4.78 is 32.3. The van der Waals surface area contributed by atoms with Crippen molar-refractivity contribution in [2.45, 2.75) is 25.3 Å². The Morgan fingerprint density at radius 3 is 2.68 bits per heavy atom. The number of benzene rings is 1. The second kappa shape index (κ2) is 6.77. The zero-order valence-electron chi connectivity index (χ0n) is 10.9. The first kappa shape index (κ1) is 14.9. The molecular weight excluding hydrogens is 316 g/mol. The molecule has 1 N–H and O–H groups in total. The Morgan fingerprint density at radius 1 is 1.37 bits per heavy atom. The Bertz CT molecular complexity index is 436. The van der Waals surface area contributed by atoms with E-state index in [4.69, 9.17) is 4.74 Å². The predicted octanol–water partition coefficient (Wildman–Crippen LogP) is 3.80. The normalized spacial score (nSPS) is 18.5. The van der Waals surface area contributed by atoms with E-state index in [0.717, 1.165) is 38.0 Å². The molecule has 0 amide bonds. The van der Waals surface area contributed by atoms with Crippen LogP contribution in [0.3, 0.4) is 0 Å². The molecule has 2 nitrogen and oxygen atoms in total. The molecule has 2 rings (SSSR count). The fraction of sp³-hybridized carbons (Fsp3) is 0.571. The summed E-state index contributed by atoms with van der Waals surface area (Å²) in [5.74, 6) is -1.08. The number of rotatable bonds is 4. The first-order valence-electron chi connectivity index (χ1n) is 6.52. The van der Waals surface area contributed by atoms with E-state index in [1.54, 1.807) is 6.07 Å². The molecule has 0 saturated carbocycles. The molecule has 0 radical (unpaired) electrons. The van der Waals surface area contributed by atoms with Gasteiger partial charge in [-0.2, -0.15) is 0 Å². The van der Waals surface area contributed by atoms with Gasteiger partial charge in [0.1, 0.15) is 0 Å². The molecule has 5 heteroatoms. The molecule has 1 unspecified atom stereocenters. The average Bonchev–Trinajstić information content (AvgIpc) is 2.44. The fourth-order valence-corrected chi connectivity index (χ4v) is 3.12. The van der Waals surface area contributed by atoms with E-state index in [1.165, 1.54) is 6.07 Å². The quantitative estimate of drug-likeness (QED) is 0.846. The number of halogens is 3. The Hall–Kier alpha value is -0.520.